The fraction of sp³-hybridized carbons (Fsp3) is 1.00. The van der Waals surface area contributed by atoms with Gasteiger partial charge in [0.15, 0.2) is 0 Å². The van der Waals surface area contributed by atoms with Gasteiger partial charge in [-0.3, -0.25) is 4.90 Å². The monoisotopic (exact) mass is 162 g/mol. The molecule has 0 aromatic heterocycles. The molecule has 0 saturated carbocycles. The number of hydrogen-bond donors (Lipinski definition) is 1. The van der Waals surface area contributed by atoms with Crippen molar-refractivity contribution in [3.05, 3.63) is 0 Å². The van der Waals surface area contributed by atoms with E-state index in [9.17, 15) is 0 Å². The van der Waals surface area contributed by atoms with Crippen LogP contribution in [0.5, 0.6) is 0 Å². The van der Waals surface area contributed by atoms with Gasteiger partial charge in [-0.05, 0) is 6.42 Å². The third-order valence-corrected chi connectivity index (χ3v) is 2.47. The Kier molecular flexibility index (Phi) is 3.46. The summed E-state index contributed by atoms with van der Waals surface area (Å²) in [4.78, 5) is 2.32. The van der Waals surface area contributed by atoms with Crippen molar-refractivity contribution in [3.8, 4) is 0 Å². The molecule has 1 unspecified atom stereocenters. The number of rotatable bonds is 2. The molecule has 1 fully saturated rings. The molecule has 0 aromatic rings. The van der Waals surface area contributed by atoms with Gasteiger partial charge in [0.1, 0.15) is 0 Å². The lowest BCUT2D eigenvalue weighted by Gasteiger charge is -2.30. The highest BCUT2D eigenvalue weighted by Gasteiger charge is 2.15. The van der Waals surface area contributed by atoms with E-state index >= 15 is 0 Å². The number of hydrogen-bond acceptors (Lipinski definition) is 2. The second-order valence-electron chi connectivity index (χ2n) is 2.63. The van der Waals surface area contributed by atoms with Gasteiger partial charge < -0.3 is 5.32 Å². The van der Waals surface area contributed by atoms with E-state index in [0.717, 1.165) is 32.6 Å². The van der Waals surface area contributed by atoms with Crippen LogP contribution in [0.15, 0.2) is 0 Å². The quantitative estimate of drug-likeness (QED) is 0.479. The van der Waals surface area contributed by atoms with Gasteiger partial charge in [-0.1, -0.05) is 6.92 Å². The lowest BCUT2D eigenvalue weighted by Crippen LogP contribution is -2.46. The van der Waals surface area contributed by atoms with Crippen molar-refractivity contribution >= 4 is 11.6 Å². The average Bonchev–Trinajstić information content (AvgIpc) is 2.05. The minimum absolute atomic E-state index is 0.252. The molecule has 10 heavy (non-hydrogen) atoms. The van der Waals surface area contributed by atoms with Gasteiger partial charge in [-0.15, -0.1) is 11.6 Å². The molecule has 0 bridgehead atoms. The predicted octanol–water partition coefficient (Wildman–Crippen LogP) is 0.866. The van der Waals surface area contributed by atoms with E-state index in [1.54, 1.807) is 0 Å². The maximum atomic E-state index is 6.04. The number of halogens is 1. The molecule has 1 heterocycles. The Morgan fingerprint density at radius 1 is 1.50 bits per heavy atom. The molecule has 1 aliphatic heterocycles. The summed E-state index contributed by atoms with van der Waals surface area (Å²) in [5.74, 6) is 0. The molecular weight excluding hydrogens is 148 g/mol. The van der Waals surface area contributed by atoms with E-state index in [1.165, 1.54) is 0 Å². The summed E-state index contributed by atoms with van der Waals surface area (Å²) in [5.41, 5.74) is 0.252. The molecule has 1 aliphatic rings. The highest BCUT2D eigenvalue weighted by molar-refractivity contribution is 6.20. The maximum Gasteiger partial charge on any atom is 0.0848 e. The molecule has 1 rings (SSSR count). The van der Waals surface area contributed by atoms with Crippen LogP contribution >= 0.6 is 11.6 Å². The van der Waals surface area contributed by atoms with Crippen molar-refractivity contribution in [1.82, 2.24) is 10.2 Å². The molecule has 1 atom stereocenters. The van der Waals surface area contributed by atoms with E-state index in [-0.39, 0.29) is 5.50 Å². The summed E-state index contributed by atoms with van der Waals surface area (Å²) < 4.78 is 0. The molecule has 0 radical (unpaired) electrons. The van der Waals surface area contributed by atoms with Gasteiger partial charge in [0.2, 0.25) is 0 Å². The molecule has 0 spiro atoms. The standard InChI is InChI=1S/C7H15ClN2/c1-2-7(8)10-5-3-9-4-6-10/h7,9H,2-6H2,1H3. The number of piperazine rings is 1. The second-order valence-corrected chi connectivity index (χ2v) is 3.13. The lowest BCUT2D eigenvalue weighted by molar-refractivity contribution is 0.218. The molecule has 0 aromatic carbocycles. The van der Waals surface area contributed by atoms with Gasteiger partial charge in [0.25, 0.3) is 0 Å². The van der Waals surface area contributed by atoms with E-state index < -0.39 is 0 Å². The molecule has 3 heteroatoms. The molecule has 0 aliphatic carbocycles. The highest BCUT2D eigenvalue weighted by Crippen LogP contribution is 2.08. The molecule has 1 N–H and O–H groups in total. The van der Waals surface area contributed by atoms with Crippen LogP contribution in [0.2, 0.25) is 0 Å². The van der Waals surface area contributed by atoms with Crippen molar-refractivity contribution in [2.24, 2.45) is 0 Å². The summed E-state index contributed by atoms with van der Waals surface area (Å²) in [6.07, 6.45) is 1.04. The predicted molar refractivity (Wildman–Crippen MR) is 44.4 cm³/mol. The molecule has 60 valence electrons. The normalized spacial score (nSPS) is 24.6. The number of nitrogens with zero attached hydrogens (tertiary/aromatic N) is 1. The first-order valence-corrected chi connectivity index (χ1v) is 4.37. The minimum Gasteiger partial charge on any atom is -0.314 e. The lowest BCUT2D eigenvalue weighted by atomic mass is 10.3. The molecule has 1 saturated heterocycles. The van der Waals surface area contributed by atoms with Crippen LogP contribution in [0.25, 0.3) is 0 Å². The Hall–Kier alpha value is 0.210. The van der Waals surface area contributed by atoms with Crippen molar-refractivity contribution in [2.45, 2.75) is 18.8 Å². The van der Waals surface area contributed by atoms with Crippen molar-refractivity contribution < 1.29 is 0 Å². The summed E-state index contributed by atoms with van der Waals surface area (Å²) in [6, 6.07) is 0. The summed E-state index contributed by atoms with van der Waals surface area (Å²) in [6.45, 7) is 6.50. The minimum atomic E-state index is 0.252. The Labute approximate surface area is 67.5 Å². The second kappa shape index (κ2) is 4.16. The Morgan fingerprint density at radius 3 is 2.60 bits per heavy atom. The Morgan fingerprint density at radius 2 is 2.10 bits per heavy atom. The largest absolute Gasteiger partial charge is 0.314 e. The van der Waals surface area contributed by atoms with E-state index in [4.69, 9.17) is 11.6 Å². The zero-order chi connectivity index (χ0) is 7.40. The average molecular weight is 163 g/mol. The topological polar surface area (TPSA) is 15.3 Å². The molecule has 2 nitrogen and oxygen atoms in total. The fourth-order valence-electron chi connectivity index (χ4n) is 1.22. The van der Waals surface area contributed by atoms with Crippen molar-refractivity contribution in [3.63, 3.8) is 0 Å². The van der Waals surface area contributed by atoms with Crippen LogP contribution in [0.1, 0.15) is 13.3 Å². The molecule has 0 amide bonds. The first-order valence-electron chi connectivity index (χ1n) is 3.93. The van der Waals surface area contributed by atoms with Crippen LogP contribution in [0, 0.1) is 0 Å². The summed E-state index contributed by atoms with van der Waals surface area (Å²) >= 11 is 6.04. The fourth-order valence-corrected chi connectivity index (χ4v) is 1.42. The zero-order valence-electron chi connectivity index (χ0n) is 6.44. The van der Waals surface area contributed by atoms with Crippen molar-refractivity contribution in [2.75, 3.05) is 26.2 Å². The number of alkyl halides is 1. The summed E-state index contributed by atoms with van der Waals surface area (Å²) in [5, 5.41) is 3.29. The van der Waals surface area contributed by atoms with Gasteiger partial charge in [0, 0.05) is 26.2 Å². The van der Waals surface area contributed by atoms with Gasteiger partial charge in [0.05, 0.1) is 5.50 Å². The first kappa shape index (κ1) is 8.31. The molecular formula is C7H15ClN2. The van der Waals surface area contributed by atoms with Crippen LogP contribution in [0.4, 0.5) is 0 Å². The zero-order valence-corrected chi connectivity index (χ0v) is 7.19. The van der Waals surface area contributed by atoms with E-state index in [1.807, 2.05) is 0 Å². The van der Waals surface area contributed by atoms with Crippen molar-refractivity contribution in [1.29, 1.82) is 0 Å². The maximum absolute atomic E-state index is 6.04. The smallest absolute Gasteiger partial charge is 0.0848 e. The third kappa shape index (κ3) is 2.11. The van der Waals surface area contributed by atoms with Gasteiger partial charge >= 0.3 is 0 Å². The van der Waals surface area contributed by atoms with Crippen LogP contribution in [-0.2, 0) is 0 Å². The van der Waals surface area contributed by atoms with E-state index in [0.29, 0.717) is 0 Å². The van der Waals surface area contributed by atoms with Gasteiger partial charge in [-0.25, -0.2) is 0 Å². The third-order valence-electron chi connectivity index (χ3n) is 1.88. The van der Waals surface area contributed by atoms with E-state index in [2.05, 4.69) is 17.1 Å². The van der Waals surface area contributed by atoms with Crippen LogP contribution < -0.4 is 5.32 Å². The first-order chi connectivity index (χ1) is 4.84. The Bertz CT molecular complexity index is 91.6. The Balaban J connectivity index is 2.24. The SMILES string of the molecule is CCC(Cl)N1CCNCC1. The van der Waals surface area contributed by atoms with Crippen LogP contribution in [-0.4, -0.2) is 36.6 Å². The van der Waals surface area contributed by atoms with Crippen LogP contribution in [0.3, 0.4) is 0 Å². The summed E-state index contributed by atoms with van der Waals surface area (Å²) in [7, 11) is 0. The number of nitrogens with one attached hydrogen (secondary N) is 1. The van der Waals surface area contributed by atoms with Gasteiger partial charge in [-0.2, -0.15) is 0 Å². The highest BCUT2D eigenvalue weighted by atomic mass is 35.5.